The van der Waals surface area contributed by atoms with E-state index in [0.29, 0.717) is 17.0 Å². The van der Waals surface area contributed by atoms with Crippen LogP contribution in [0.5, 0.6) is 11.5 Å². The predicted molar refractivity (Wildman–Crippen MR) is 131 cm³/mol. The molecule has 2 heterocycles. The second-order valence-electron chi connectivity index (χ2n) is 9.19. The number of hydrogen-bond acceptors (Lipinski definition) is 8. The number of carbonyl (C=O) groups is 5. The maximum absolute atomic E-state index is 14.8. The fourth-order valence-corrected chi connectivity index (χ4v) is 4.53. The van der Waals surface area contributed by atoms with E-state index >= 15 is 0 Å². The highest BCUT2D eigenvalue weighted by molar-refractivity contribution is 6.47. The lowest BCUT2D eigenvalue weighted by Crippen LogP contribution is -2.60. The Hall–Kier alpha value is -4.87. The Labute approximate surface area is 233 Å². The van der Waals surface area contributed by atoms with Crippen LogP contribution < -0.4 is 15.3 Å². The van der Waals surface area contributed by atoms with Crippen molar-refractivity contribution in [2.75, 3.05) is 26.3 Å². The molecule has 0 spiro atoms. The molecular weight excluding hydrogens is 575 g/mol. The van der Waals surface area contributed by atoms with Crippen molar-refractivity contribution < 1.29 is 61.4 Å². The zero-order valence-corrected chi connectivity index (χ0v) is 21.3. The van der Waals surface area contributed by atoms with E-state index in [-0.39, 0.29) is 18.5 Å². The number of amides is 5. The van der Waals surface area contributed by atoms with Crippen molar-refractivity contribution in [2.24, 2.45) is 0 Å². The maximum Gasteiger partial charge on any atom is 0.547 e. The van der Waals surface area contributed by atoms with E-state index in [1.807, 2.05) is 5.32 Å². The van der Waals surface area contributed by atoms with Gasteiger partial charge >= 0.3 is 30.9 Å². The molecule has 5 N–H and O–H groups in total. The van der Waals surface area contributed by atoms with Gasteiger partial charge in [0.15, 0.2) is 0 Å². The Bertz CT molecular complexity index is 1460. The molecule has 0 aromatic heterocycles. The minimum Gasteiger partial charge on any atom is -0.534 e. The van der Waals surface area contributed by atoms with E-state index in [1.165, 1.54) is 0 Å². The highest BCUT2D eigenvalue weighted by Gasteiger charge is 2.42. The number of aromatic hydroxyl groups is 1. The lowest BCUT2D eigenvalue weighted by molar-refractivity contribution is -0.153. The molecule has 2 aliphatic rings. The summed E-state index contributed by atoms with van der Waals surface area (Å²) in [5, 5.41) is 33.4. The van der Waals surface area contributed by atoms with Crippen molar-refractivity contribution in [1.82, 2.24) is 20.4 Å². The number of hydrogen-bond donors (Lipinski definition) is 5. The molecule has 0 aliphatic carbocycles. The second kappa shape index (κ2) is 11.9. The fourth-order valence-electron chi connectivity index (χ4n) is 4.53. The molecule has 0 radical (unpaired) electrons. The lowest BCUT2D eigenvalue weighted by Gasteiger charge is -2.33. The van der Waals surface area contributed by atoms with Crippen molar-refractivity contribution in [3.63, 3.8) is 0 Å². The molecule has 42 heavy (non-hydrogen) atoms. The van der Waals surface area contributed by atoms with E-state index in [0.717, 1.165) is 17.0 Å². The third kappa shape index (κ3) is 5.78. The Kier molecular flexibility index (Phi) is 8.55. The van der Waals surface area contributed by atoms with E-state index in [1.54, 1.807) is 0 Å². The summed E-state index contributed by atoms with van der Waals surface area (Å²) in [7, 11) is -1.99. The molecular formula is C24H21BF4N4O9. The number of carboxylic acids is 1. The first-order valence-electron chi connectivity index (χ1n) is 12.2. The van der Waals surface area contributed by atoms with Crippen LogP contribution in [0.1, 0.15) is 27.5 Å². The zero-order chi connectivity index (χ0) is 30.9. The van der Waals surface area contributed by atoms with Crippen molar-refractivity contribution in [3.05, 3.63) is 58.4 Å². The van der Waals surface area contributed by atoms with Crippen molar-refractivity contribution >= 4 is 36.8 Å². The smallest absolute Gasteiger partial charge is 0.534 e. The number of rotatable bonds is 7. The summed E-state index contributed by atoms with van der Waals surface area (Å²) in [4.78, 5) is 63.6. The highest BCUT2D eigenvalue weighted by Crippen LogP contribution is 2.33. The Morgan fingerprint density at radius 2 is 1.74 bits per heavy atom. The average Bonchev–Trinajstić information content (AvgIpc) is 2.90. The van der Waals surface area contributed by atoms with E-state index in [4.69, 9.17) is 4.65 Å². The van der Waals surface area contributed by atoms with Gasteiger partial charge in [0.2, 0.25) is 5.91 Å². The minimum atomic E-state index is -2.26. The number of phenols is 1. The summed E-state index contributed by atoms with van der Waals surface area (Å²) in [5.41, 5.74) is -1.92. The van der Waals surface area contributed by atoms with Gasteiger partial charge in [-0.05, 0) is 18.1 Å². The van der Waals surface area contributed by atoms with Gasteiger partial charge in [0.05, 0.1) is 11.5 Å². The van der Waals surface area contributed by atoms with Crippen LogP contribution in [-0.4, -0.2) is 94.1 Å². The monoisotopic (exact) mass is 596 g/mol. The standard InChI is InChI=1S/C24H21BF4N4O9/c26-3-4-32-5-6-33(22(37)21(32)36)24(40)31-18(16-13(28)8-11(34)9-14(16)29)20(35)30-15-7-10-1-2-12(27)17(23(38)39)19(10)42-25(15)41/h1-2,8-9,15,18,34,41H,3-7H2,(H,30,35)(H,31,40)(H,38,39)/t15-,18?/m0/s1. The number of urea groups is 1. The maximum atomic E-state index is 14.8. The number of alkyl halides is 1. The summed E-state index contributed by atoms with van der Waals surface area (Å²) in [6.07, 6.45) is -0.354. The summed E-state index contributed by atoms with van der Waals surface area (Å²) >= 11 is 0. The van der Waals surface area contributed by atoms with Gasteiger partial charge in [-0.15, -0.1) is 0 Å². The predicted octanol–water partition coefficient (Wildman–Crippen LogP) is 0.0383. The fraction of sp³-hybridized carbons (Fsp3) is 0.292. The van der Waals surface area contributed by atoms with Crippen molar-refractivity contribution in [2.45, 2.75) is 18.4 Å². The summed E-state index contributed by atoms with van der Waals surface area (Å²) < 4.78 is 61.5. The number of halogens is 4. The number of benzene rings is 2. The SMILES string of the molecule is O=C(O)c1c(F)ccc2c1OB(O)[C@@H](NC(=O)C(NC(=O)N1CCN(CCF)C(=O)C1=O)c1c(F)cc(O)cc1F)C2. The zero-order valence-electron chi connectivity index (χ0n) is 21.3. The molecule has 2 aromatic rings. The third-order valence-electron chi connectivity index (χ3n) is 6.54. The molecule has 4 rings (SSSR count). The summed E-state index contributed by atoms with van der Waals surface area (Å²) in [5.74, 6) is -12.6. The van der Waals surface area contributed by atoms with Gasteiger partial charge in [0.25, 0.3) is 0 Å². The number of aromatic carboxylic acids is 1. The van der Waals surface area contributed by atoms with Gasteiger partial charge in [-0.25, -0.2) is 27.2 Å². The number of piperazine rings is 1. The highest BCUT2D eigenvalue weighted by atomic mass is 19.1. The number of carboxylic acid groups (broad SMARTS) is 1. The molecule has 0 saturated carbocycles. The van der Waals surface area contributed by atoms with Gasteiger partial charge in [-0.1, -0.05) is 6.07 Å². The molecule has 13 nitrogen and oxygen atoms in total. The van der Waals surface area contributed by atoms with Gasteiger partial charge in [-0.2, -0.15) is 0 Å². The van der Waals surface area contributed by atoms with Crippen LogP contribution in [0.25, 0.3) is 0 Å². The van der Waals surface area contributed by atoms with Crippen molar-refractivity contribution in [1.29, 1.82) is 0 Å². The number of imide groups is 1. The number of carbonyl (C=O) groups excluding carboxylic acids is 4. The normalized spacial score (nSPS) is 17.4. The first-order chi connectivity index (χ1) is 19.8. The molecule has 2 aromatic carbocycles. The first-order valence-corrected chi connectivity index (χ1v) is 12.2. The van der Waals surface area contributed by atoms with Crippen LogP contribution in [-0.2, 0) is 20.8 Å². The molecule has 1 unspecified atom stereocenters. The van der Waals surface area contributed by atoms with Crippen LogP contribution in [0.2, 0.25) is 0 Å². The summed E-state index contributed by atoms with van der Waals surface area (Å²) in [6.45, 7) is -2.07. The second-order valence-corrected chi connectivity index (χ2v) is 9.19. The molecule has 0 bridgehead atoms. The van der Waals surface area contributed by atoms with Crippen LogP contribution in [0.3, 0.4) is 0 Å². The van der Waals surface area contributed by atoms with Gasteiger partial charge in [-0.3, -0.25) is 19.3 Å². The number of nitrogens with zero attached hydrogens (tertiary/aromatic N) is 2. The number of nitrogens with one attached hydrogen (secondary N) is 2. The topological polar surface area (TPSA) is 186 Å². The number of phenolic OH excluding ortho intramolecular Hbond substituents is 1. The van der Waals surface area contributed by atoms with Gasteiger partial charge in [0.1, 0.15) is 47.2 Å². The lowest BCUT2D eigenvalue weighted by atomic mass is 9.72. The molecule has 18 heteroatoms. The molecule has 2 aliphatic heterocycles. The van der Waals surface area contributed by atoms with Crippen LogP contribution in [0.4, 0.5) is 22.4 Å². The molecule has 222 valence electrons. The minimum absolute atomic E-state index is 0.0437. The van der Waals surface area contributed by atoms with Crippen LogP contribution in [0, 0.1) is 17.5 Å². The van der Waals surface area contributed by atoms with E-state index in [9.17, 15) is 56.8 Å². The Morgan fingerprint density at radius 1 is 1.07 bits per heavy atom. The molecule has 2 atom stereocenters. The Balaban J connectivity index is 1.61. The van der Waals surface area contributed by atoms with E-state index in [2.05, 4.69) is 5.32 Å². The van der Waals surface area contributed by atoms with E-state index < -0.39 is 109 Å². The average molecular weight is 596 g/mol. The largest absolute Gasteiger partial charge is 0.547 e. The van der Waals surface area contributed by atoms with Crippen LogP contribution in [0.15, 0.2) is 24.3 Å². The molecule has 1 saturated heterocycles. The Morgan fingerprint density at radius 3 is 2.36 bits per heavy atom. The van der Waals surface area contributed by atoms with Gasteiger partial charge < -0.3 is 35.4 Å². The first kappa shape index (κ1) is 30.1. The van der Waals surface area contributed by atoms with Gasteiger partial charge in [0, 0.05) is 31.8 Å². The molecule has 1 fully saturated rings. The number of fused-ring (bicyclic) bond motifs is 1. The quantitative estimate of drug-likeness (QED) is 0.167. The molecule has 5 amide bonds. The van der Waals surface area contributed by atoms with Crippen molar-refractivity contribution in [3.8, 4) is 11.5 Å². The van der Waals surface area contributed by atoms with Crippen LogP contribution >= 0.6 is 0 Å². The third-order valence-corrected chi connectivity index (χ3v) is 6.54. The summed E-state index contributed by atoms with van der Waals surface area (Å²) in [6, 6.07) is -0.865.